The first-order valence-electron chi connectivity index (χ1n) is 10.0. The molecule has 0 spiro atoms. The number of thiazole rings is 1. The molecule has 0 saturated heterocycles. The van der Waals surface area contributed by atoms with E-state index in [0.29, 0.717) is 15.4 Å². The van der Waals surface area contributed by atoms with Crippen LogP contribution in [0.1, 0.15) is 29.8 Å². The molecular formula is C24H21FN2O3S2. The molecule has 1 aromatic heterocycles. The summed E-state index contributed by atoms with van der Waals surface area (Å²) in [6.45, 7) is 3.47. The fraction of sp³-hybridized carbons (Fsp3) is 0.167. The molecular weight excluding hydrogens is 447 g/mol. The van der Waals surface area contributed by atoms with Gasteiger partial charge in [0.15, 0.2) is 15.0 Å². The lowest BCUT2D eigenvalue weighted by atomic mass is 10.1. The van der Waals surface area contributed by atoms with Crippen LogP contribution in [0.5, 0.6) is 0 Å². The molecule has 4 rings (SSSR count). The number of carbonyl (C=O) groups excluding carboxylic acids is 1. The summed E-state index contributed by atoms with van der Waals surface area (Å²) in [7, 11) is -3.44. The normalized spacial score (nSPS) is 11.8. The zero-order valence-corrected chi connectivity index (χ0v) is 19.2. The van der Waals surface area contributed by atoms with E-state index in [1.54, 1.807) is 26.0 Å². The van der Waals surface area contributed by atoms with Gasteiger partial charge in [-0.2, -0.15) is 0 Å². The molecule has 0 aliphatic carbocycles. The van der Waals surface area contributed by atoms with Crippen LogP contribution in [0, 0.1) is 5.82 Å². The summed E-state index contributed by atoms with van der Waals surface area (Å²) >= 11 is 1.23. The van der Waals surface area contributed by atoms with Crippen LogP contribution < -0.4 is 4.90 Å². The summed E-state index contributed by atoms with van der Waals surface area (Å²) in [5.41, 5.74) is 1.43. The highest BCUT2D eigenvalue weighted by Crippen LogP contribution is 2.32. The summed E-state index contributed by atoms with van der Waals surface area (Å²) in [6, 6.07) is 20.0. The molecule has 0 aliphatic heterocycles. The Morgan fingerprint density at radius 1 is 1.00 bits per heavy atom. The van der Waals surface area contributed by atoms with Crippen LogP contribution in [-0.4, -0.2) is 24.6 Å². The van der Waals surface area contributed by atoms with Crippen molar-refractivity contribution in [1.29, 1.82) is 0 Å². The van der Waals surface area contributed by atoms with Gasteiger partial charge in [0.25, 0.3) is 5.91 Å². The van der Waals surface area contributed by atoms with E-state index < -0.39 is 20.9 Å². The zero-order chi connectivity index (χ0) is 22.9. The lowest BCUT2D eigenvalue weighted by Gasteiger charge is -2.20. The third-order valence-electron chi connectivity index (χ3n) is 5.07. The molecule has 0 N–H and O–H groups in total. The van der Waals surface area contributed by atoms with Gasteiger partial charge in [0.05, 0.1) is 21.4 Å². The van der Waals surface area contributed by atoms with Crippen molar-refractivity contribution >= 4 is 42.4 Å². The van der Waals surface area contributed by atoms with Crippen molar-refractivity contribution in [2.75, 3.05) is 4.90 Å². The number of fused-ring (bicyclic) bond motifs is 1. The van der Waals surface area contributed by atoms with Gasteiger partial charge in [0.2, 0.25) is 0 Å². The molecule has 0 saturated carbocycles. The lowest BCUT2D eigenvalue weighted by Crippen LogP contribution is -2.30. The molecule has 4 aromatic rings. The standard InChI is InChI=1S/C24H21FN2O3S2/c1-16(2)32(29,30)19-13-11-18(12-14-19)23(28)27(15-17-7-4-3-5-8-17)24-26-22-20(25)9-6-10-21(22)31-24/h3-14,16H,15H2,1-2H3. The van der Waals surface area contributed by atoms with E-state index in [0.717, 1.165) is 5.56 Å². The van der Waals surface area contributed by atoms with Crippen molar-refractivity contribution < 1.29 is 17.6 Å². The number of rotatable bonds is 6. The molecule has 1 amide bonds. The molecule has 0 aliphatic rings. The van der Waals surface area contributed by atoms with Crippen molar-refractivity contribution in [3.63, 3.8) is 0 Å². The topological polar surface area (TPSA) is 67.3 Å². The Bertz CT molecular complexity index is 1370. The molecule has 0 bridgehead atoms. The van der Waals surface area contributed by atoms with Crippen LogP contribution >= 0.6 is 11.3 Å². The monoisotopic (exact) mass is 468 g/mol. The highest BCUT2D eigenvalue weighted by atomic mass is 32.2. The Balaban J connectivity index is 1.74. The van der Waals surface area contributed by atoms with E-state index in [1.807, 2.05) is 30.3 Å². The number of amides is 1. The van der Waals surface area contributed by atoms with Gasteiger partial charge < -0.3 is 0 Å². The zero-order valence-electron chi connectivity index (χ0n) is 17.5. The quantitative estimate of drug-likeness (QED) is 0.377. The Kier molecular flexibility index (Phi) is 6.08. The van der Waals surface area contributed by atoms with Gasteiger partial charge in [-0.3, -0.25) is 9.69 Å². The Morgan fingerprint density at radius 3 is 2.31 bits per heavy atom. The van der Waals surface area contributed by atoms with Crippen molar-refractivity contribution in [3.05, 3.63) is 89.7 Å². The first-order valence-corrected chi connectivity index (χ1v) is 12.4. The number of sulfone groups is 1. The molecule has 0 unspecified atom stereocenters. The average Bonchev–Trinajstić information content (AvgIpc) is 3.23. The Morgan fingerprint density at radius 2 is 1.69 bits per heavy atom. The average molecular weight is 469 g/mol. The largest absolute Gasteiger partial charge is 0.279 e. The second kappa shape index (κ2) is 8.80. The minimum absolute atomic E-state index is 0.167. The van der Waals surface area contributed by atoms with E-state index in [9.17, 15) is 17.6 Å². The highest BCUT2D eigenvalue weighted by molar-refractivity contribution is 7.92. The first-order chi connectivity index (χ1) is 15.3. The fourth-order valence-electron chi connectivity index (χ4n) is 3.23. The molecule has 0 radical (unpaired) electrons. The van der Waals surface area contributed by atoms with Crippen molar-refractivity contribution in [2.24, 2.45) is 0 Å². The predicted octanol–water partition coefficient (Wildman–Crippen LogP) is 5.46. The summed E-state index contributed by atoms with van der Waals surface area (Å²) in [6.07, 6.45) is 0. The summed E-state index contributed by atoms with van der Waals surface area (Å²) in [5, 5.41) is -0.186. The molecule has 1 heterocycles. The number of aromatic nitrogens is 1. The molecule has 5 nitrogen and oxygen atoms in total. The summed E-state index contributed by atoms with van der Waals surface area (Å²) in [5.74, 6) is -0.790. The smallest absolute Gasteiger partial charge is 0.260 e. The molecule has 0 fully saturated rings. The van der Waals surface area contributed by atoms with Crippen LogP contribution in [0.2, 0.25) is 0 Å². The fourth-order valence-corrected chi connectivity index (χ4v) is 5.26. The maximum Gasteiger partial charge on any atom is 0.260 e. The van der Waals surface area contributed by atoms with E-state index in [2.05, 4.69) is 4.98 Å². The van der Waals surface area contributed by atoms with E-state index >= 15 is 0 Å². The first kappa shape index (κ1) is 22.1. The van der Waals surface area contributed by atoms with Gasteiger partial charge in [0, 0.05) is 5.56 Å². The predicted molar refractivity (Wildman–Crippen MR) is 125 cm³/mol. The summed E-state index contributed by atoms with van der Waals surface area (Å²) in [4.78, 5) is 19.5. The van der Waals surface area contributed by atoms with E-state index in [4.69, 9.17) is 0 Å². The molecule has 3 aromatic carbocycles. The van der Waals surface area contributed by atoms with Gasteiger partial charge in [-0.1, -0.05) is 47.7 Å². The van der Waals surface area contributed by atoms with E-state index in [-0.39, 0.29) is 22.9 Å². The minimum Gasteiger partial charge on any atom is -0.279 e. The van der Waals surface area contributed by atoms with Crippen molar-refractivity contribution in [1.82, 2.24) is 4.98 Å². The Labute approximate surface area is 190 Å². The number of nitrogens with zero attached hydrogens (tertiary/aromatic N) is 2. The molecule has 8 heteroatoms. The minimum atomic E-state index is -3.44. The second-order valence-corrected chi connectivity index (χ2v) is 11.1. The molecule has 164 valence electrons. The maximum atomic E-state index is 14.2. The number of anilines is 1. The third kappa shape index (κ3) is 4.28. The Hall–Kier alpha value is -3.10. The molecule has 32 heavy (non-hydrogen) atoms. The van der Waals surface area contributed by atoms with Crippen LogP contribution in [-0.2, 0) is 16.4 Å². The highest BCUT2D eigenvalue weighted by Gasteiger charge is 2.24. The maximum absolute atomic E-state index is 14.2. The van der Waals surface area contributed by atoms with Gasteiger partial charge >= 0.3 is 0 Å². The van der Waals surface area contributed by atoms with Crippen molar-refractivity contribution in [3.8, 4) is 0 Å². The lowest BCUT2D eigenvalue weighted by molar-refractivity contribution is 0.0985. The third-order valence-corrected chi connectivity index (χ3v) is 8.28. The van der Waals surface area contributed by atoms with Gasteiger partial charge in [-0.25, -0.2) is 17.8 Å². The van der Waals surface area contributed by atoms with Crippen LogP contribution in [0.4, 0.5) is 9.52 Å². The number of benzene rings is 3. The summed E-state index contributed by atoms with van der Waals surface area (Å²) < 4.78 is 39.7. The van der Waals surface area contributed by atoms with Gasteiger partial charge in [-0.05, 0) is 55.8 Å². The van der Waals surface area contributed by atoms with Crippen LogP contribution in [0.3, 0.4) is 0 Å². The van der Waals surface area contributed by atoms with E-state index in [1.165, 1.54) is 46.6 Å². The van der Waals surface area contributed by atoms with Crippen LogP contribution in [0.15, 0.2) is 77.7 Å². The van der Waals surface area contributed by atoms with Gasteiger partial charge in [-0.15, -0.1) is 0 Å². The number of para-hydroxylation sites is 1. The number of halogens is 1. The second-order valence-electron chi connectivity index (χ2n) is 7.58. The number of hydrogen-bond donors (Lipinski definition) is 0. The molecule has 0 atom stereocenters. The van der Waals surface area contributed by atoms with Crippen LogP contribution in [0.25, 0.3) is 10.2 Å². The SMILES string of the molecule is CC(C)S(=O)(=O)c1ccc(C(=O)N(Cc2ccccc2)c2nc3c(F)cccc3s2)cc1. The van der Waals surface area contributed by atoms with Crippen molar-refractivity contribution in [2.45, 2.75) is 30.5 Å². The van der Waals surface area contributed by atoms with Gasteiger partial charge in [0.1, 0.15) is 11.3 Å². The number of carbonyl (C=O) groups is 1. The number of hydrogen-bond acceptors (Lipinski definition) is 5.